The molecular formula is C27H37N5O4. The smallest absolute Gasteiger partial charge is 0.407 e. The fourth-order valence-electron chi connectivity index (χ4n) is 3.71. The van der Waals surface area contributed by atoms with Crippen molar-refractivity contribution in [3.63, 3.8) is 0 Å². The first-order valence-corrected chi connectivity index (χ1v) is 12.2. The van der Waals surface area contributed by atoms with Gasteiger partial charge in [0.2, 0.25) is 0 Å². The number of ether oxygens (including phenoxy) is 2. The van der Waals surface area contributed by atoms with Gasteiger partial charge in [0.1, 0.15) is 11.2 Å². The molecule has 3 N–H and O–H groups in total. The number of rotatable bonds is 8. The minimum atomic E-state index is -0.602. The average Bonchev–Trinajstić information content (AvgIpc) is 3.17. The number of hydrogen-bond donors (Lipinski definition) is 2. The lowest BCUT2D eigenvalue weighted by atomic mass is 9.97. The fraction of sp³-hybridized carbons (Fsp3) is 0.481. The summed E-state index contributed by atoms with van der Waals surface area (Å²) in [5.41, 5.74) is 8.81. The summed E-state index contributed by atoms with van der Waals surface area (Å²) in [6, 6.07) is 9.49. The Balaban J connectivity index is 1.72. The van der Waals surface area contributed by atoms with Gasteiger partial charge in [-0.05, 0) is 84.6 Å². The van der Waals surface area contributed by atoms with Gasteiger partial charge in [0, 0.05) is 29.7 Å². The number of anilines is 1. The second kappa shape index (κ2) is 11.0. The average molecular weight is 496 g/mol. The van der Waals surface area contributed by atoms with Crippen molar-refractivity contribution in [2.45, 2.75) is 72.0 Å². The number of aromatic nitrogens is 3. The summed E-state index contributed by atoms with van der Waals surface area (Å²) in [7, 11) is 0. The number of nitrogens with one attached hydrogen (secondary N) is 1. The Kier molecular flexibility index (Phi) is 8.22. The molecule has 1 unspecified atom stereocenters. The van der Waals surface area contributed by atoms with Gasteiger partial charge in [-0.2, -0.15) is 5.10 Å². The van der Waals surface area contributed by atoms with Crippen LogP contribution in [0.3, 0.4) is 0 Å². The van der Waals surface area contributed by atoms with Crippen LogP contribution < -0.4 is 11.1 Å². The Hall–Kier alpha value is -3.62. The number of nitrogens with zero attached hydrogens (tertiary/aromatic N) is 3. The molecule has 36 heavy (non-hydrogen) atoms. The van der Waals surface area contributed by atoms with Crippen LogP contribution in [0.5, 0.6) is 0 Å². The monoisotopic (exact) mass is 495 g/mol. The van der Waals surface area contributed by atoms with Crippen LogP contribution in [0.25, 0.3) is 16.8 Å². The van der Waals surface area contributed by atoms with Gasteiger partial charge in [0.05, 0.1) is 12.1 Å². The zero-order valence-electron chi connectivity index (χ0n) is 22.0. The van der Waals surface area contributed by atoms with Crippen LogP contribution in [-0.2, 0) is 20.7 Å². The van der Waals surface area contributed by atoms with Gasteiger partial charge in [-0.25, -0.2) is 14.3 Å². The molecule has 1 amide bonds. The normalized spacial score (nSPS) is 12.8. The number of benzene rings is 1. The number of aryl methyl sites for hydroxylation is 1. The van der Waals surface area contributed by atoms with Crippen LogP contribution in [0.1, 0.15) is 60.1 Å². The molecule has 0 spiro atoms. The van der Waals surface area contributed by atoms with E-state index in [1.807, 2.05) is 57.3 Å². The second-order valence-corrected chi connectivity index (χ2v) is 10.9. The molecule has 0 saturated heterocycles. The molecule has 3 rings (SSSR count). The number of alkyl carbamates (subject to hydrolysis) is 1. The van der Waals surface area contributed by atoms with Crippen molar-refractivity contribution in [1.29, 1.82) is 0 Å². The predicted octanol–water partition coefficient (Wildman–Crippen LogP) is 4.78. The molecular weight excluding hydrogens is 458 g/mol. The van der Waals surface area contributed by atoms with Crippen molar-refractivity contribution in [3.8, 4) is 11.1 Å². The maximum Gasteiger partial charge on any atom is 0.407 e. The SMILES string of the molecule is CC(C)(C)OC(=O)NCCC(CCc1ccn2ncc(-c3cccc(N)c3)c2n1)C(=O)OC(C)(C)C. The number of nitrogen functional groups attached to an aromatic ring is 1. The third kappa shape index (κ3) is 7.96. The zero-order valence-corrected chi connectivity index (χ0v) is 22.0. The molecule has 1 aromatic carbocycles. The third-order valence-electron chi connectivity index (χ3n) is 5.27. The Labute approximate surface area is 212 Å². The minimum absolute atomic E-state index is 0.292. The van der Waals surface area contributed by atoms with E-state index in [4.69, 9.17) is 20.2 Å². The largest absolute Gasteiger partial charge is 0.460 e. The Morgan fingerprint density at radius 1 is 1.06 bits per heavy atom. The predicted molar refractivity (Wildman–Crippen MR) is 139 cm³/mol. The van der Waals surface area contributed by atoms with Crippen molar-refractivity contribution < 1.29 is 19.1 Å². The second-order valence-electron chi connectivity index (χ2n) is 10.9. The number of fused-ring (bicyclic) bond motifs is 1. The van der Waals surface area contributed by atoms with Gasteiger partial charge in [-0.3, -0.25) is 4.79 Å². The summed E-state index contributed by atoms with van der Waals surface area (Å²) >= 11 is 0. The number of carbonyl (C=O) groups is 2. The van der Waals surface area contributed by atoms with E-state index in [-0.39, 0.29) is 5.97 Å². The molecule has 2 aromatic heterocycles. The molecule has 1 atom stereocenters. The first-order chi connectivity index (χ1) is 16.8. The molecule has 3 aromatic rings. The molecule has 0 bridgehead atoms. The van der Waals surface area contributed by atoms with Crippen LogP contribution in [0.2, 0.25) is 0 Å². The summed E-state index contributed by atoms with van der Waals surface area (Å²) in [4.78, 5) is 29.7. The summed E-state index contributed by atoms with van der Waals surface area (Å²) in [6.45, 7) is 11.2. The van der Waals surface area contributed by atoms with Crippen LogP contribution >= 0.6 is 0 Å². The van der Waals surface area contributed by atoms with Crippen LogP contribution in [0.15, 0.2) is 42.7 Å². The lowest BCUT2D eigenvalue weighted by Gasteiger charge is -2.24. The van der Waals surface area contributed by atoms with E-state index in [0.717, 1.165) is 22.5 Å². The molecule has 0 aliphatic heterocycles. The number of esters is 1. The number of carbonyl (C=O) groups excluding carboxylic acids is 2. The number of nitrogens with two attached hydrogens (primary N) is 1. The summed E-state index contributed by atoms with van der Waals surface area (Å²) in [5, 5.41) is 7.13. The highest BCUT2D eigenvalue weighted by atomic mass is 16.6. The van der Waals surface area contributed by atoms with Crippen molar-refractivity contribution >= 4 is 23.4 Å². The van der Waals surface area contributed by atoms with Gasteiger partial charge < -0.3 is 20.5 Å². The maximum absolute atomic E-state index is 12.9. The highest BCUT2D eigenvalue weighted by Crippen LogP contribution is 2.26. The zero-order chi connectivity index (χ0) is 26.5. The van der Waals surface area contributed by atoms with Crippen molar-refractivity contribution in [2.75, 3.05) is 12.3 Å². The molecule has 0 saturated carbocycles. The Bertz CT molecular complexity index is 1210. The molecule has 0 fully saturated rings. The minimum Gasteiger partial charge on any atom is -0.460 e. The summed E-state index contributed by atoms with van der Waals surface area (Å²) in [6.07, 6.45) is 4.64. The molecule has 0 aliphatic rings. The summed E-state index contributed by atoms with van der Waals surface area (Å²) in [5.74, 6) is -0.699. The summed E-state index contributed by atoms with van der Waals surface area (Å²) < 4.78 is 12.6. The molecule has 0 radical (unpaired) electrons. The molecule has 9 nitrogen and oxygen atoms in total. The van der Waals surface area contributed by atoms with E-state index in [1.165, 1.54) is 0 Å². The van der Waals surface area contributed by atoms with Crippen molar-refractivity contribution in [1.82, 2.24) is 19.9 Å². The van der Waals surface area contributed by atoms with Crippen molar-refractivity contribution in [2.24, 2.45) is 5.92 Å². The van der Waals surface area contributed by atoms with Crippen LogP contribution in [0, 0.1) is 5.92 Å². The van der Waals surface area contributed by atoms with E-state index in [9.17, 15) is 9.59 Å². The Morgan fingerprint density at radius 3 is 2.44 bits per heavy atom. The van der Waals surface area contributed by atoms with Gasteiger partial charge in [-0.1, -0.05) is 12.1 Å². The molecule has 0 aliphatic carbocycles. The van der Waals surface area contributed by atoms with Crippen molar-refractivity contribution in [3.05, 3.63) is 48.4 Å². The number of hydrogen-bond acceptors (Lipinski definition) is 7. The highest BCUT2D eigenvalue weighted by molar-refractivity contribution is 5.78. The van der Waals surface area contributed by atoms with Gasteiger partial charge in [0.15, 0.2) is 5.65 Å². The molecule has 194 valence electrons. The first-order valence-electron chi connectivity index (χ1n) is 12.2. The fourth-order valence-corrected chi connectivity index (χ4v) is 3.71. The quantitative estimate of drug-likeness (QED) is 0.341. The van der Waals surface area contributed by atoms with Crippen LogP contribution in [-0.4, -0.2) is 44.4 Å². The lowest BCUT2D eigenvalue weighted by Crippen LogP contribution is -2.35. The Morgan fingerprint density at radius 2 is 1.78 bits per heavy atom. The third-order valence-corrected chi connectivity index (χ3v) is 5.27. The molecule has 9 heteroatoms. The van der Waals surface area contributed by atoms with Gasteiger partial charge >= 0.3 is 12.1 Å². The first kappa shape index (κ1) is 27.0. The van der Waals surface area contributed by atoms with Gasteiger partial charge in [0.25, 0.3) is 0 Å². The standard InChI is InChI=1S/C27H37N5O4/c1-26(2,3)35-24(33)18(12-14-29-25(34)36-27(4,5)6)10-11-21-13-15-32-23(31-21)22(17-30-32)19-8-7-9-20(28)16-19/h7-9,13,15-18H,10-12,14,28H2,1-6H3,(H,29,34). The number of amides is 1. The van der Waals surface area contributed by atoms with E-state index in [0.29, 0.717) is 31.5 Å². The van der Waals surface area contributed by atoms with E-state index < -0.39 is 23.2 Å². The topological polar surface area (TPSA) is 121 Å². The van der Waals surface area contributed by atoms with Crippen LogP contribution in [0.4, 0.5) is 10.5 Å². The molecule has 2 heterocycles. The van der Waals surface area contributed by atoms with E-state index in [2.05, 4.69) is 10.4 Å². The highest BCUT2D eigenvalue weighted by Gasteiger charge is 2.26. The lowest BCUT2D eigenvalue weighted by molar-refractivity contribution is -0.160. The maximum atomic E-state index is 12.9. The van der Waals surface area contributed by atoms with E-state index >= 15 is 0 Å². The van der Waals surface area contributed by atoms with E-state index in [1.54, 1.807) is 31.5 Å². The van der Waals surface area contributed by atoms with Gasteiger partial charge in [-0.15, -0.1) is 0 Å².